The van der Waals surface area contributed by atoms with Crippen LogP contribution in [0.15, 0.2) is 6.07 Å². The standard InChI is InChI=1S/C13H22N4O/c1-10-8-12(14-2)16-13(15-10)11-4-3-5-17(9-11)6-7-18/h8,11,18H,3-7,9H2,1-2H3,(H,14,15,16)/t11-/m0/s1. The van der Waals surface area contributed by atoms with Crippen molar-refractivity contribution in [2.24, 2.45) is 0 Å². The Hall–Kier alpha value is -1.20. The Balaban J connectivity index is 2.12. The van der Waals surface area contributed by atoms with Gasteiger partial charge in [0, 0.05) is 37.8 Å². The van der Waals surface area contributed by atoms with Gasteiger partial charge in [0.1, 0.15) is 11.6 Å². The third kappa shape index (κ3) is 3.17. The fraction of sp³-hybridized carbons (Fsp3) is 0.692. The lowest BCUT2D eigenvalue weighted by Gasteiger charge is -2.31. The first kappa shape index (κ1) is 13.2. The fourth-order valence-electron chi connectivity index (χ4n) is 2.51. The zero-order valence-electron chi connectivity index (χ0n) is 11.2. The average molecular weight is 250 g/mol. The van der Waals surface area contributed by atoms with Crippen molar-refractivity contribution in [3.8, 4) is 0 Å². The van der Waals surface area contributed by atoms with Gasteiger partial charge in [0.2, 0.25) is 0 Å². The Morgan fingerprint density at radius 1 is 1.50 bits per heavy atom. The number of anilines is 1. The van der Waals surface area contributed by atoms with E-state index >= 15 is 0 Å². The number of hydrogen-bond acceptors (Lipinski definition) is 5. The van der Waals surface area contributed by atoms with Gasteiger partial charge >= 0.3 is 0 Å². The van der Waals surface area contributed by atoms with E-state index in [4.69, 9.17) is 5.11 Å². The molecule has 1 aromatic rings. The van der Waals surface area contributed by atoms with Crippen LogP contribution in [0.25, 0.3) is 0 Å². The monoisotopic (exact) mass is 250 g/mol. The zero-order valence-corrected chi connectivity index (χ0v) is 11.2. The maximum absolute atomic E-state index is 9.02. The van der Waals surface area contributed by atoms with Crippen LogP contribution in [0.2, 0.25) is 0 Å². The number of piperidine rings is 1. The van der Waals surface area contributed by atoms with E-state index < -0.39 is 0 Å². The molecule has 1 aliphatic heterocycles. The third-order valence-corrected chi connectivity index (χ3v) is 3.41. The van der Waals surface area contributed by atoms with Crippen molar-refractivity contribution in [1.82, 2.24) is 14.9 Å². The van der Waals surface area contributed by atoms with Crippen LogP contribution < -0.4 is 5.32 Å². The Bertz CT molecular complexity index is 395. The predicted molar refractivity (Wildman–Crippen MR) is 71.8 cm³/mol. The first-order valence-corrected chi connectivity index (χ1v) is 6.59. The molecule has 2 heterocycles. The molecular formula is C13H22N4O. The molecule has 0 unspecified atom stereocenters. The van der Waals surface area contributed by atoms with Gasteiger partial charge < -0.3 is 15.3 Å². The van der Waals surface area contributed by atoms with Gasteiger partial charge in [-0.2, -0.15) is 0 Å². The van der Waals surface area contributed by atoms with Gasteiger partial charge in [-0.15, -0.1) is 0 Å². The van der Waals surface area contributed by atoms with Crippen molar-refractivity contribution >= 4 is 5.82 Å². The molecule has 0 aliphatic carbocycles. The smallest absolute Gasteiger partial charge is 0.135 e. The molecule has 18 heavy (non-hydrogen) atoms. The molecule has 5 heteroatoms. The highest BCUT2D eigenvalue weighted by Crippen LogP contribution is 2.25. The van der Waals surface area contributed by atoms with Crippen LogP contribution in [-0.2, 0) is 0 Å². The largest absolute Gasteiger partial charge is 0.395 e. The van der Waals surface area contributed by atoms with Crippen LogP contribution in [0.4, 0.5) is 5.82 Å². The Morgan fingerprint density at radius 3 is 3.06 bits per heavy atom. The molecule has 1 saturated heterocycles. The van der Waals surface area contributed by atoms with Crippen molar-refractivity contribution in [1.29, 1.82) is 0 Å². The van der Waals surface area contributed by atoms with Gasteiger partial charge in [0.05, 0.1) is 6.61 Å². The predicted octanol–water partition coefficient (Wildman–Crippen LogP) is 0.998. The maximum atomic E-state index is 9.02. The highest BCUT2D eigenvalue weighted by molar-refractivity contribution is 5.35. The molecule has 1 aliphatic rings. The summed E-state index contributed by atoms with van der Waals surface area (Å²) >= 11 is 0. The number of nitrogens with zero attached hydrogens (tertiary/aromatic N) is 3. The van der Waals surface area contributed by atoms with E-state index in [9.17, 15) is 0 Å². The molecule has 5 nitrogen and oxygen atoms in total. The van der Waals surface area contributed by atoms with Gasteiger partial charge in [-0.05, 0) is 26.3 Å². The molecule has 0 radical (unpaired) electrons. The SMILES string of the molecule is CNc1cc(C)nc([C@H]2CCCN(CCO)C2)n1. The Labute approximate surface area is 108 Å². The molecular weight excluding hydrogens is 228 g/mol. The summed E-state index contributed by atoms with van der Waals surface area (Å²) in [5.74, 6) is 2.20. The number of aromatic nitrogens is 2. The van der Waals surface area contributed by atoms with E-state index in [-0.39, 0.29) is 6.61 Å². The number of β-amino-alcohol motifs (C(OH)–C–C–N with tert-alkyl or cyclic N) is 1. The van der Waals surface area contributed by atoms with Crippen molar-refractivity contribution in [2.45, 2.75) is 25.7 Å². The molecule has 0 amide bonds. The van der Waals surface area contributed by atoms with Gasteiger partial charge in [-0.1, -0.05) is 0 Å². The number of aliphatic hydroxyl groups is 1. The van der Waals surface area contributed by atoms with E-state index in [0.29, 0.717) is 5.92 Å². The molecule has 2 rings (SSSR count). The normalized spacial score (nSPS) is 20.9. The van der Waals surface area contributed by atoms with Crippen molar-refractivity contribution in [2.75, 3.05) is 38.6 Å². The van der Waals surface area contributed by atoms with Crippen molar-refractivity contribution in [3.05, 3.63) is 17.6 Å². The van der Waals surface area contributed by atoms with Gasteiger partial charge in [0.25, 0.3) is 0 Å². The summed E-state index contributed by atoms with van der Waals surface area (Å²) in [5, 5.41) is 12.1. The van der Waals surface area contributed by atoms with Crippen LogP contribution in [-0.4, -0.2) is 53.3 Å². The second-order valence-electron chi connectivity index (χ2n) is 4.87. The summed E-state index contributed by atoms with van der Waals surface area (Å²) in [6, 6.07) is 1.96. The van der Waals surface area contributed by atoms with E-state index in [0.717, 1.165) is 49.8 Å². The minimum Gasteiger partial charge on any atom is -0.395 e. The van der Waals surface area contributed by atoms with Crippen LogP contribution >= 0.6 is 0 Å². The fourth-order valence-corrected chi connectivity index (χ4v) is 2.51. The summed E-state index contributed by atoms with van der Waals surface area (Å²) in [6.45, 7) is 5.00. The molecule has 1 fully saturated rings. The van der Waals surface area contributed by atoms with Gasteiger partial charge in [-0.25, -0.2) is 9.97 Å². The van der Waals surface area contributed by atoms with E-state index in [2.05, 4.69) is 20.2 Å². The average Bonchev–Trinajstić information content (AvgIpc) is 2.39. The topological polar surface area (TPSA) is 61.3 Å². The number of hydrogen-bond donors (Lipinski definition) is 2. The second kappa shape index (κ2) is 6.11. The van der Waals surface area contributed by atoms with Crippen LogP contribution in [0.5, 0.6) is 0 Å². The van der Waals surface area contributed by atoms with Crippen LogP contribution in [0.1, 0.15) is 30.3 Å². The van der Waals surface area contributed by atoms with Crippen LogP contribution in [0.3, 0.4) is 0 Å². The minimum atomic E-state index is 0.225. The van der Waals surface area contributed by atoms with Gasteiger partial charge in [-0.3, -0.25) is 0 Å². The second-order valence-corrected chi connectivity index (χ2v) is 4.87. The maximum Gasteiger partial charge on any atom is 0.135 e. The van der Waals surface area contributed by atoms with Crippen molar-refractivity contribution < 1.29 is 5.11 Å². The van der Waals surface area contributed by atoms with E-state index in [1.807, 2.05) is 20.0 Å². The number of aryl methyl sites for hydroxylation is 1. The summed E-state index contributed by atoms with van der Waals surface area (Å²) in [4.78, 5) is 11.4. The number of likely N-dealkylation sites (tertiary alicyclic amines) is 1. The zero-order chi connectivity index (χ0) is 13.0. The minimum absolute atomic E-state index is 0.225. The molecule has 0 aromatic carbocycles. The summed E-state index contributed by atoms with van der Waals surface area (Å²) in [7, 11) is 1.88. The molecule has 0 bridgehead atoms. The van der Waals surface area contributed by atoms with E-state index in [1.54, 1.807) is 0 Å². The summed E-state index contributed by atoms with van der Waals surface area (Å²) in [6.07, 6.45) is 2.28. The van der Waals surface area contributed by atoms with Crippen molar-refractivity contribution in [3.63, 3.8) is 0 Å². The quantitative estimate of drug-likeness (QED) is 0.834. The lowest BCUT2D eigenvalue weighted by molar-refractivity contribution is 0.159. The molecule has 1 aromatic heterocycles. The highest BCUT2D eigenvalue weighted by Gasteiger charge is 2.23. The molecule has 2 N–H and O–H groups in total. The number of rotatable bonds is 4. The first-order valence-electron chi connectivity index (χ1n) is 6.59. The first-order chi connectivity index (χ1) is 8.72. The van der Waals surface area contributed by atoms with Crippen LogP contribution in [0, 0.1) is 6.92 Å². The van der Waals surface area contributed by atoms with E-state index in [1.165, 1.54) is 0 Å². The molecule has 100 valence electrons. The lowest BCUT2D eigenvalue weighted by Crippen LogP contribution is -2.36. The number of nitrogens with one attached hydrogen (secondary N) is 1. The Morgan fingerprint density at radius 2 is 2.33 bits per heavy atom. The molecule has 1 atom stereocenters. The van der Waals surface area contributed by atoms with Gasteiger partial charge in [0.15, 0.2) is 0 Å². The summed E-state index contributed by atoms with van der Waals surface area (Å²) < 4.78 is 0. The Kier molecular flexibility index (Phi) is 4.49. The number of aliphatic hydroxyl groups excluding tert-OH is 1. The molecule has 0 spiro atoms. The highest BCUT2D eigenvalue weighted by atomic mass is 16.3. The lowest BCUT2D eigenvalue weighted by atomic mass is 9.97. The summed E-state index contributed by atoms with van der Waals surface area (Å²) in [5.41, 5.74) is 1.00. The molecule has 0 saturated carbocycles. The third-order valence-electron chi connectivity index (χ3n) is 3.41.